The van der Waals surface area contributed by atoms with Crippen LogP contribution in [0, 0.1) is 0 Å². The summed E-state index contributed by atoms with van der Waals surface area (Å²) in [7, 11) is 0. The molecule has 1 aromatic heterocycles. The van der Waals surface area contributed by atoms with Gasteiger partial charge in [-0.2, -0.15) is 9.67 Å². The number of rotatable bonds is 4. The van der Waals surface area contributed by atoms with Gasteiger partial charge in [-0.25, -0.2) is 0 Å². The summed E-state index contributed by atoms with van der Waals surface area (Å²) in [5.41, 5.74) is 6.66. The predicted molar refractivity (Wildman–Crippen MR) is 64.5 cm³/mol. The standard InChI is InChI=1S/C11H13N5/c1-2-8-13-11-14-10(12)16(15-11)9-6-4-3-5-7-9/h2-7H,1,8H2,(H3,12,13,14,15). The highest BCUT2D eigenvalue weighted by Gasteiger charge is 2.06. The number of aromatic nitrogens is 3. The molecular weight excluding hydrogens is 202 g/mol. The molecule has 0 atom stereocenters. The number of benzene rings is 1. The Hall–Kier alpha value is -2.30. The van der Waals surface area contributed by atoms with Gasteiger partial charge in [0.2, 0.25) is 11.9 Å². The van der Waals surface area contributed by atoms with Gasteiger partial charge in [0, 0.05) is 6.54 Å². The third-order valence-corrected chi connectivity index (χ3v) is 2.04. The molecule has 82 valence electrons. The maximum Gasteiger partial charge on any atom is 0.244 e. The summed E-state index contributed by atoms with van der Waals surface area (Å²) in [5, 5.41) is 7.22. The Balaban J connectivity index is 2.28. The van der Waals surface area contributed by atoms with E-state index in [1.54, 1.807) is 10.8 Å². The third-order valence-electron chi connectivity index (χ3n) is 2.04. The van der Waals surface area contributed by atoms with Gasteiger partial charge in [0.05, 0.1) is 5.69 Å². The van der Waals surface area contributed by atoms with Gasteiger partial charge in [-0.3, -0.25) is 0 Å². The Kier molecular flexibility index (Phi) is 2.86. The molecule has 0 fully saturated rings. The lowest BCUT2D eigenvalue weighted by Gasteiger charge is -2.00. The molecule has 3 N–H and O–H groups in total. The fourth-order valence-electron chi connectivity index (χ4n) is 1.32. The van der Waals surface area contributed by atoms with Crippen molar-refractivity contribution in [3.63, 3.8) is 0 Å². The Labute approximate surface area is 93.6 Å². The van der Waals surface area contributed by atoms with Crippen molar-refractivity contribution < 1.29 is 0 Å². The van der Waals surface area contributed by atoms with Crippen molar-refractivity contribution in [3.8, 4) is 5.69 Å². The van der Waals surface area contributed by atoms with Gasteiger partial charge in [-0.1, -0.05) is 24.3 Å². The molecule has 5 nitrogen and oxygen atoms in total. The van der Waals surface area contributed by atoms with E-state index < -0.39 is 0 Å². The van der Waals surface area contributed by atoms with Gasteiger partial charge in [-0.15, -0.1) is 11.7 Å². The molecule has 0 aliphatic rings. The first kappa shape index (κ1) is 10.2. The van der Waals surface area contributed by atoms with Crippen LogP contribution in [0.25, 0.3) is 5.69 Å². The Morgan fingerprint density at radius 2 is 2.12 bits per heavy atom. The van der Waals surface area contributed by atoms with Crippen LogP contribution in [0.3, 0.4) is 0 Å². The highest BCUT2D eigenvalue weighted by atomic mass is 15.4. The lowest BCUT2D eigenvalue weighted by molar-refractivity contribution is 0.891. The minimum Gasteiger partial charge on any atom is -0.368 e. The molecule has 0 spiro atoms. The first-order valence-electron chi connectivity index (χ1n) is 4.94. The molecule has 0 saturated carbocycles. The van der Waals surface area contributed by atoms with Crippen molar-refractivity contribution in [2.75, 3.05) is 17.6 Å². The van der Waals surface area contributed by atoms with E-state index in [0.717, 1.165) is 5.69 Å². The largest absolute Gasteiger partial charge is 0.368 e. The summed E-state index contributed by atoms with van der Waals surface area (Å²) < 4.78 is 1.59. The zero-order valence-corrected chi connectivity index (χ0v) is 8.80. The second-order valence-corrected chi connectivity index (χ2v) is 3.21. The molecule has 0 bridgehead atoms. The van der Waals surface area contributed by atoms with E-state index in [4.69, 9.17) is 5.73 Å². The van der Waals surface area contributed by atoms with Crippen LogP contribution in [-0.2, 0) is 0 Å². The predicted octanol–water partition coefficient (Wildman–Crippen LogP) is 1.45. The Morgan fingerprint density at radius 1 is 1.38 bits per heavy atom. The summed E-state index contributed by atoms with van der Waals surface area (Å²) in [6.45, 7) is 4.22. The SMILES string of the molecule is C=CCNc1nc(N)n(-c2ccccc2)n1. The van der Waals surface area contributed by atoms with Crippen LogP contribution in [-0.4, -0.2) is 21.3 Å². The minimum absolute atomic E-state index is 0.359. The minimum atomic E-state index is 0.359. The van der Waals surface area contributed by atoms with Crippen LogP contribution in [0.15, 0.2) is 43.0 Å². The average molecular weight is 215 g/mol. The van der Waals surface area contributed by atoms with Crippen molar-refractivity contribution >= 4 is 11.9 Å². The highest BCUT2D eigenvalue weighted by Crippen LogP contribution is 2.12. The highest BCUT2D eigenvalue weighted by molar-refractivity contribution is 5.41. The van der Waals surface area contributed by atoms with Gasteiger partial charge in [0.1, 0.15) is 0 Å². The summed E-state index contributed by atoms with van der Waals surface area (Å²) in [4.78, 5) is 4.10. The van der Waals surface area contributed by atoms with E-state index in [0.29, 0.717) is 18.4 Å². The fraction of sp³-hybridized carbons (Fsp3) is 0.0909. The summed E-state index contributed by atoms with van der Waals surface area (Å²) in [5.74, 6) is 0.860. The quantitative estimate of drug-likeness (QED) is 0.757. The maximum absolute atomic E-state index is 5.77. The number of para-hydroxylation sites is 1. The third kappa shape index (κ3) is 2.03. The molecule has 0 saturated heterocycles. The molecule has 1 heterocycles. The van der Waals surface area contributed by atoms with Crippen molar-refractivity contribution in [2.24, 2.45) is 0 Å². The Morgan fingerprint density at radius 3 is 2.81 bits per heavy atom. The normalized spacial score (nSPS) is 10.0. The summed E-state index contributed by atoms with van der Waals surface area (Å²) in [6, 6.07) is 9.62. The lowest BCUT2D eigenvalue weighted by Crippen LogP contribution is -2.02. The second-order valence-electron chi connectivity index (χ2n) is 3.21. The summed E-state index contributed by atoms with van der Waals surface area (Å²) >= 11 is 0. The van der Waals surface area contributed by atoms with Crippen molar-refractivity contribution in [3.05, 3.63) is 43.0 Å². The van der Waals surface area contributed by atoms with Gasteiger partial charge in [0.15, 0.2) is 0 Å². The van der Waals surface area contributed by atoms with Crippen molar-refractivity contribution in [1.29, 1.82) is 0 Å². The number of nitrogens with zero attached hydrogens (tertiary/aromatic N) is 3. The topological polar surface area (TPSA) is 68.8 Å². The molecule has 0 aliphatic carbocycles. The average Bonchev–Trinajstić information content (AvgIpc) is 2.69. The van der Waals surface area contributed by atoms with Gasteiger partial charge in [-0.05, 0) is 12.1 Å². The van der Waals surface area contributed by atoms with Gasteiger partial charge >= 0.3 is 0 Å². The molecule has 0 amide bonds. The number of anilines is 2. The maximum atomic E-state index is 5.77. The van der Waals surface area contributed by atoms with Crippen LogP contribution in [0.4, 0.5) is 11.9 Å². The van der Waals surface area contributed by atoms with Gasteiger partial charge < -0.3 is 11.1 Å². The number of nitrogens with two attached hydrogens (primary N) is 1. The second kappa shape index (κ2) is 4.48. The monoisotopic (exact) mass is 215 g/mol. The van der Waals surface area contributed by atoms with Crippen LogP contribution in [0.2, 0.25) is 0 Å². The van der Waals surface area contributed by atoms with E-state index in [9.17, 15) is 0 Å². The fourth-order valence-corrected chi connectivity index (χ4v) is 1.32. The molecule has 5 heteroatoms. The molecule has 0 aliphatic heterocycles. The smallest absolute Gasteiger partial charge is 0.244 e. The zero-order valence-electron chi connectivity index (χ0n) is 8.80. The van der Waals surface area contributed by atoms with Crippen LogP contribution < -0.4 is 11.1 Å². The molecule has 0 radical (unpaired) electrons. The molecule has 16 heavy (non-hydrogen) atoms. The van der Waals surface area contributed by atoms with E-state index in [1.165, 1.54) is 0 Å². The first-order valence-corrected chi connectivity index (χ1v) is 4.94. The van der Waals surface area contributed by atoms with Crippen LogP contribution in [0.5, 0.6) is 0 Å². The summed E-state index contributed by atoms with van der Waals surface area (Å²) in [6.07, 6.45) is 1.74. The van der Waals surface area contributed by atoms with E-state index in [2.05, 4.69) is 22.0 Å². The van der Waals surface area contributed by atoms with Crippen molar-refractivity contribution in [1.82, 2.24) is 14.8 Å². The van der Waals surface area contributed by atoms with Crippen molar-refractivity contribution in [2.45, 2.75) is 0 Å². The van der Waals surface area contributed by atoms with Gasteiger partial charge in [0.25, 0.3) is 0 Å². The molecule has 2 aromatic rings. The number of hydrogen-bond donors (Lipinski definition) is 2. The number of nitrogen functional groups attached to an aromatic ring is 1. The van der Waals surface area contributed by atoms with E-state index in [-0.39, 0.29) is 0 Å². The first-order chi connectivity index (χ1) is 7.81. The molecule has 2 rings (SSSR count). The van der Waals surface area contributed by atoms with Crippen LogP contribution >= 0.6 is 0 Å². The molecular formula is C11H13N5. The Bertz CT molecular complexity index is 474. The molecule has 0 unspecified atom stereocenters. The van der Waals surface area contributed by atoms with Crippen LogP contribution in [0.1, 0.15) is 0 Å². The number of nitrogens with one attached hydrogen (secondary N) is 1. The lowest BCUT2D eigenvalue weighted by atomic mass is 10.3. The zero-order chi connectivity index (χ0) is 11.4. The number of hydrogen-bond acceptors (Lipinski definition) is 4. The van der Waals surface area contributed by atoms with E-state index in [1.807, 2.05) is 30.3 Å². The van der Waals surface area contributed by atoms with E-state index >= 15 is 0 Å². The molecule has 1 aromatic carbocycles.